The van der Waals surface area contributed by atoms with Crippen molar-refractivity contribution in [1.82, 2.24) is 9.59 Å². The molecule has 0 spiro atoms. The molecule has 18 heavy (non-hydrogen) atoms. The summed E-state index contributed by atoms with van der Waals surface area (Å²) in [5.41, 5.74) is 9.23. The Morgan fingerprint density at radius 2 is 2.06 bits per heavy atom. The molecule has 5 nitrogen and oxygen atoms in total. The van der Waals surface area contributed by atoms with E-state index in [2.05, 4.69) is 50.7 Å². The Hall–Kier alpha value is -1.82. The van der Waals surface area contributed by atoms with Crippen molar-refractivity contribution in [3.05, 3.63) is 30.0 Å². The van der Waals surface area contributed by atoms with E-state index in [9.17, 15) is 0 Å². The Morgan fingerprint density at radius 1 is 1.28 bits per heavy atom. The lowest BCUT2D eigenvalue weighted by Gasteiger charge is -2.36. The fraction of sp³-hybridized carbons (Fsp3) is 0.333. The van der Waals surface area contributed by atoms with Crippen LogP contribution in [0.4, 0.5) is 16.4 Å². The lowest BCUT2D eigenvalue weighted by molar-refractivity contribution is 0.724. The largest absolute Gasteiger partial charge is 0.388 e. The maximum atomic E-state index is 5.86. The zero-order valence-corrected chi connectivity index (χ0v) is 11.0. The summed E-state index contributed by atoms with van der Waals surface area (Å²) in [5.74, 6) is 0. The van der Waals surface area contributed by atoms with Crippen LogP contribution in [-0.2, 0) is 6.54 Å². The first-order valence-corrected chi connectivity index (χ1v) is 6.65. The van der Waals surface area contributed by atoms with E-state index in [-0.39, 0.29) is 0 Å². The van der Waals surface area contributed by atoms with Crippen LogP contribution in [0.1, 0.15) is 5.69 Å². The molecular weight excluding hydrogens is 246 g/mol. The molecule has 0 amide bonds. The number of hydrogen-bond donors (Lipinski definition) is 1. The van der Waals surface area contributed by atoms with Gasteiger partial charge in [-0.2, -0.15) is 0 Å². The number of nitrogens with zero attached hydrogens (tertiary/aromatic N) is 4. The first-order valence-electron chi connectivity index (χ1n) is 5.87. The summed E-state index contributed by atoms with van der Waals surface area (Å²) < 4.78 is 3.89. The third-order valence-electron chi connectivity index (χ3n) is 3.26. The number of fused-ring (bicyclic) bond motifs is 1. The van der Waals surface area contributed by atoms with Gasteiger partial charge in [0.1, 0.15) is 10.7 Å². The highest BCUT2D eigenvalue weighted by molar-refractivity contribution is 7.09. The molecule has 1 aliphatic heterocycles. The van der Waals surface area contributed by atoms with Gasteiger partial charge in [0.2, 0.25) is 0 Å². The van der Waals surface area contributed by atoms with E-state index in [0.717, 1.165) is 25.3 Å². The van der Waals surface area contributed by atoms with Gasteiger partial charge >= 0.3 is 0 Å². The second-order valence-electron chi connectivity index (χ2n) is 4.42. The van der Waals surface area contributed by atoms with Crippen molar-refractivity contribution in [3.63, 3.8) is 0 Å². The van der Waals surface area contributed by atoms with E-state index >= 15 is 0 Å². The predicted octanol–water partition coefficient (Wildman–Crippen LogP) is 1.58. The predicted molar refractivity (Wildman–Crippen MR) is 75.1 cm³/mol. The first-order chi connectivity index (χ1) is 8.75. The van der Waals surface area contributed by atoms with E-state index in [4.69, 9.17) is 5.73 Å². The molecule has 2 aromatic rings. The van der Waals surface area contributed by atoms with Crippen LogP contribution >= 0.6 is 11.5 Å². The van der Waals surface area contributed by atoms with Crippen LogP contribution in [0.25, 0.3) is 0 Å². The Bertz CT molecular complexity index is 553. The number of benzene rings is 1. The van der Waals surface area contributed by atoms with Crippen LogP contribution < -0.4 is 15.5 Å². The SMILES string of the molecule is CN1CCN(Cc2nnsc2N)c2ccccc21. The number of nitrogens with two attached hydrogens (primary N) is 1. The number of hydrogen-bond acceptors (Lipinski definition) is 6. The highest BCUT2D eigenvalue weighted by Gasteiger charge is 2.21. The van der Waals surface area contributed by atoms with Crippen molar-refractivity contribution in [2.45, 2.75) is 6.54 Å². The van der Waals surface area contributed by atoms with Gasteiger partial charge in [-0.25, -0.2) is 0 Å². The van der Waals surface area contributed by atoms with Gasteiger partial charge in [0.05, 0.1) is 17.9 Å². The molecule has 6 heteroatoms. The third kappa shape index (κ3) is 1.88. The maximum absolute atomic E-state index is 5.86. The lowest BCUT2D eigenvalue weighted by Crippen LogP contribution is -2.38. The van der Waals surface area contributed by atoms with Gasteiger partial charge in [-0.3, -0.25) is 0 Å². The lowest BCUT2D eigenvalue weighted by atomic mass is 10.1. The number of anilines is 3. The molecule has 1 aromatic heterocycles. The average molecular weight is 261 g/mol. The van der Waals surface area contributed by atoms with Gasteiger partial charge in [0, 0.05) is 31.7 Å². The molecule has 0 saturated carbocycles. The summed E-state index contributed by atoms with van der Waals surface area (Å²) in [7, 11) is 2.12. The van der Waals surface area contributed by atoms with Gasteiger partial charge in [0.25, 0.3) is 0 Å². The second kappa shape index (κ2) is 4.45. The van der Waals surface area contributed by atoms with Crippen LogP contribution in [-0.4, -0.2) is 29.7 Å². The van der Waals surface area contributed by atoms with E-state index in [1.807, 2.05) is 0 Å². The highest BCUT2D eigenvalue weighted by atomic mass is 32.1. The van der Waals surface area contributed by atoms with Crippen molar-refractivity contribution in [3.8, 4) is 0 Å². The van der Waals surface area contributed by atoms with Gasteiger partial charge in [0.15, 0.2) is 0 Å². The van der Waals surface area contributed by atoms with Crippen LogP contribution in [0.2, 0.25) is 0 Å². The van der Waals surface area contributed by atoms with Crippen LogP contribution in [0.5, 0.6) is 0 Å². The van der Waals surface area contributed by atoms with Gasteiger partial charge in [-0.1, -0.05) is 16.6 Å². The number of likely N-dealkylation sites (N-methyl/N-ethyl adjacent to an activating group) is 1. The minimum atomic E-state index is 0.714. The number of nitrogen functional groups attached to an aromatic ring is 1. The smallest absolute Gasteiger partial charge is 0.132 e. The molecule has 0 saturated heterocycles. The zero-order chi connectivity index (χ0) is 12.5. The summed E-state index contributed by atoms with van der Waals surface area (Å²) in [6, 6.07) is 8.41. The number of rotatable bonds is 2. The van der Waals surface area contributed by atoms with E-state index in [1.54, 1.807) is 0 Å². The minimum absolute atomic E-state index is 0.714. The molecule has 2 N–H and O–H groups in total. The Morgan fingerprint density at radius 3 is 2.78 bits per heavy atom. The Kier molecular flexibility index (Phi) is 2.79. The quantitative estimate of drug-likeness (QED) is 0.889. The molecule has 1 aliphatic rings. The molecular formula is C12H15N5S. The van der Waals surface area contributed by atoms with Gasteiger partial charge in [-0.15, -0.1) is 5.10 Å². The standard InChI is InChI=1S/C12H15N5S/c1-16-6-7-17(8-9-12(13)18-15-14-9)11-5-3-2-4-10(11)16/h2-5H,6-8,13H2,1H3. The van der Waals surface area contributed by atoms with Crippen LogP contribution in [0, 0.1) is 0 Å². The molecule has 2 heterocycles. The van der Waals surface area contributed by atoms with Crippen LogP contribution in [0.3, 0.4) is 0 Å². The summed E-state index contributed by atoms with van der Waals surface area (Å²) in [6.07, 6.45) is 0. The monoisotopic (exact) mass is 261 g/mol. The zero-order valence-electron chi connectivity index (χ0n) is 10.2. The van der Waals surface area contributed by atoms with Crippen molar-refractivity contribution >= 4 is 27.9 Å². The number of para-hydroxylation sites is 2. The summed E-state index contributed by atoms with van der Waals surface area (Å²) in [5, 5.41) is 4.80. The number of aromatic nitrogens is 2. The molecule has 0 unspecified atom stereocenters. The first kappa shape index (κ1) is 11.3. The van der Waals surface area contributed by atoms with Gasteiger partial charge in [-0.05, 0) is 12.1 Å². The van der Waals surface area contributed by atoms with E-state index in [1.165, 1.54) is 22.9 Å². The van der Waals surface area contributed by atoms with Crippen molar-refractivity contribution < 1.29 is 0 Å². The Balaban J connectivity index is 1.91. The highest BCUT2D eigenvalue weighted by Crippen LogP contribution is 2.33. The van der Waals surface area contributed by atoms with Crippen molar-refractivity contribution in [2.75, 3.05) is 35.7 Å². The Labute approximate surface area is 110 Å². The van der Waals surface area contributed by atoms with E-state index in [0.29, 0.717) is 5.00 Å². The van der Waals surface area contributed by atoms with Crippen molar-refractivity contribution in [2.24, 2.45) is 0 Å². The fourth-order valence-electron chi connectivity index (χ4n) is 2.24. The van der Waals surface area contributed by atoms with E-state index < -0.39 is 0 Å². The third-order valence-corrected chi connectivity index (χ3v) is 3.86. The molecule has 0 aliphatic carbocycles. The maximum Gasteiger partial charge on any atom is 0.132 e. The second-order valence-corrected chi connectivity index (χ2v) is 5.20. The molecule has 0 bridgehead atoms. The summed E-state index contributed by atoms with van der Waals surface area (Å²) in [4.78, 5) is 4.58. The molecule has 3 rings (SSSR count). The topological polar surface area (TPSA) is 58.3 Å². The molecule has 0 fully saturated rings. The molecule has 94 valence electrons. The summed E-state index contributed by atoms with van der Waals surface area (Å²) >= 11 is 1.25. The molecule has 1 aromatic carbocycles. The van der Waals surface area contributed by atoms with Gasteiger partial charge < -0.3 is 15.5 Å². The normalized spacial score (nSPS) is 14.7. The molecule has 0 radical (unpaired) electrons. The molecule has 0 atom stereocenters. The average Bonchev–Trinajstić information content (AvgIpc) is 2.79. The van der Waals surface area contributed by atoms with Crippen LogP contribution in [0.15, 0.2) is 24.3 Å². The van der Waals surface area contributed by atoms with Crippen molar-refractivity contribution in [1.29, 1.82) is 0 Å². The summed E-state index contributed by atoms with van der Waals surface area (Å²) in [6.45, 7) is 2.71. The fourth-order valence-corrected chi connectivity index (χ4v) is 2.67. The minimum Gasteiger partial charge on any atom is -0.388 e.